The second-order valence-electron chi connectivity index (χ2n) is 6.65. The Hall–Kier alpha value is -1.31. The average molecular weight is 460 g/mol. The fraction of sp³-hybridized carbons (Fsp3) is 0.579. The van der Waals surface area contributed by atoms with Crippen LogP contribution in [0.4, 0.5) is 0 Å². The van der Waals surface area contributed by atoms with Crippen molar-refractivity contribution in [1.29, 1.82) is 0 Å². The number of hydrogen-bond acceptors (Lipinski definition) is 2. The van der Waals surface area contributed by atoms with Crippen LogP contribution < -0.4 is 16.4 Å². The van der Waals surface area contributed by atoms with Gasteiger partial charge in [0.1, 0.15) is 0 Å². The summed E-state index contributed by atoms with van der Waals surface area (Å²) in [6.07, 6.45) is 3.83. The molecule has 0 saturated heterocycles. The van der Waals surface area contributed by atoms with Crippen LogP contribution in [0.5, 0.6) is 0 Å². The molecule has 0 aliphatic heterocycles. The SMILES string of the molecule is CC(C)CCCC(C)NC(N)=NCCC(=O)NCc1ccccc1.I. The Kier molecular flexibility index (Phi) is 13.2. The fourth-order valence-electron chi connectivity index (χ4n) is 2.37. The van der Waals surface area contributed by atoms with E-state index in [1.165, 1.54) is 12.8 Å². The zero-order valence-electron chi connectivity index (χ0n) is 15.6. The highest BCUT2D eigenvalue weighted by atomic mass is 127. The number of nitrogens with one attached hydrogen (secondary N) is 2. The van der Waals surface area contributed by atoms with Crippen molar-refractivity contribution in [2.75, 3.05) is 6.54 Å². The Bertz CT molecular complexity index is 505. The molecule has 0 aliphatic rings. The summed E-state index contributed by atoms with van der Waals surface area (Å²) in [5, 5.41) is 6.06. The number of nitrogens with two attached hydrogens (primary N) is 1. The maximum absolute atomic E-state index is 11.8. The van der Waals surface area contributed by atoms with E-state index in [9.17, 15) is 4.79 Å². The molecule has 0 radical (unpaired) electrons. The van der Waals surface area contributed by atoms with Crippen molar-refractivity contribution in [2.45, 2.75) is 59.0 Å². The maximum Gasteiger partial charge on any atom is 0.222 e. The van der Waals surface area contributed by atoms with Gasteiger partial charge < -0.3 is 16.4 Å². The van der Waals surface area contributed by atoms with Gasteiger partial charge in [-0.2, -0.15) is 0 Å². The average Bonchev–Trinajstić information content (AvgIpc) is 2.53. The van der Waals surface area contributed by atoms with Crippen LogP contribution in [0.3, 0.4) is 0 Å². The van der Waals surface area contributed by atoms with Crippen molar-refractivity contribution in [1.82, 2.24) is 10.6 Å². The zero-order chi connectivity index (χ0) is 17.8. The molecule has 0 heterocycles. The van der Waals surface area contributed by atoms with Gasteiger partial charge in [-0.15, -0.1) is 24.0 Å². The van der Waals surface area contributed by atoms with Crippen LogP contribution in [0.15, 0.2) is 35.3 Å². The summed E-state index contributed by atoms with van der Waals surface area (Å²) in [7, 11) is 0. The Morgan fingerprint density at radius 1 is 1.16 bits per heavy atom. The standard InChI is InChI=1S/C19H32N4O.HI/c1-15(2)8-7-9-16(3)23-19(20)21-13-12-18(24)22-14-17-10-5-4-6-11-17;/h4-6,10-11,15-16H,7-9,12-14H2,1-3H3,(H,22,24)(H3,20,21,23);1H. The van der Waals surface area contributed by atoms with Crippen molar-refractivity contribution in [2.24, 2.45) is 16.6 Å². The minimum atomic E-state index is -0.0135. The lowest BCUT2D eigenvalue weighted by Crippen LogP contribution is -2.38. The van der Waals surface area contributed by atoms with E-state index in [2.05, 4.69) is 36.4 Å². The van der Waals surface area contributed by atoms with Crippen molar-refractivity contribution in [3.05, 3.63) is 35.9 Å². The summed E-state index contributed by atoms with van der Waals surface area (Å²) >= 11 is 0. The lowest BCUT2D eigenvalue weighted by molar-refractivity contribution is -0.121. The first-order chi connectivity index (χ1) is 11.5. The topological polar surface area (TPSA) is 79.5 Å². The molecule has 0 aromatic heterocycles. The highest BCUT2D eigenvalue weighted by molar-refractivity contribution is 14.0. The number of rotatable bonds is 10. The molecule has 1 rings (SSSR count). The molecule has 0 spiro atoms. The van der Waals surface area contributed by atoms with Crippen LogP contribution in [0.2, 0.25) is 0 Å². The van der Waals surface area contributed by atoms with Gasteiger partial charge in [-0.3, -0.25) is 9.79 Å². The van der Waals surface area contributed by atoms with Gasteiger partial charge >= 0.3 is 0 Å². The number of halogens is 1. The van der Waals surface area contributed by atoms with Crippen LogP contribution in [-0.4, -0.2) is 24.5 Å². The van der Waals surface area contributed by atoms with E-state index in [1.54, 1.807) is 0 Å². The Morgan fingerprint density at radius 3 is 2.48 bits per heavy atom. The summed E-state index contributed by atoms with van der Waals surface area (Å²) in [6.45, 7) is 7.52. The highest BCUT2D eigenvalue weighted by Gasteiger charge is 2.04. The molecule has 4 N–H and O–H groups in total. The monoisotopic (exact) mass is 460 g/mol. The third-order valence-corrected chi connectivity index (χ3v) is 3.77. The summed E-state index contributed by atoms with van der Waals surface area (Å²) in [5.74, 6) is 1.14. The van der Waals surface area contributed by atoms with Gasteiger partial charge in [-0.05, 0) is 24.8 Å². The number of aliphatic imine (C=N–C) groups is 1. The number of nitrogens with zero attached hydrogens (tertiary/aromatic N) is 1. The molecular formula is C19H33IN4O. The minimum Gasteiger partial charge on any atom is -0.370 e. The number of carbonyl (C=O) groups is 1. The molecule has 1 unspecified atom stereocenters. The van der Waals surface area contributed by atoms with Crippen LogP contribution in [-0.2, 0) is 11.3 Å². The van der Waals surface area contributed by atoms with E-state index in [0.717, 1.165) is 17.9 Å². The highest BCUT2D eigenvalue weighted by Crippen LogP contribution is 2.07. The van der Waals surface area contributed by atoms with Crippen LogP contribution in [0, 0.1) is 5.92 Å². The molecule has 0 aliphatic carbocycles. The first kappa shape index (κ1) is 23.7. The minimum absolute atomic E-state index is 0. The van der Waals surface area contributed by atoms with Gasteiger partial charge in [0.05, 0.1) is 6.54 Å². The molecule has 1 amide bonds. The molecule has 1 atom stereocenters. The van der Waals surface area contributed by atoms with E-state index < -0.39 is 0 Å². The predicted molar refractivity (Wildman–Crippen MR) is 116 cm³/mol. The Labute approximate surface area is 169 Å². The van der Waals surface area contributed by atoms with Gasteiger partial charge in [-0.25, -0.2) is 0 Å². The lowest BCUT2D eigenvalue weighted by atomic mass is 10.0. The molecule has 0 bridgehead atoms. The molecule has 5 nitrogen and oxygen atoms in total. The normalized spacial score (nSPS) is 12.4. The van der Waals surface area contributed by atoms with Crippen molar-refractivity contribution >= 4 is 35.8 Å². The van der Waals surface area contributed by atoms with Gasteiger partial charge in [-0.1, -0.05) is 57.0 Å². The van der Waals surface area contributed by atoms with Crippen LogP contribution in [0.25, 0.3) is 0 Å². The number of carbonyl (C=O) groups excluding carboxylic acids is 1. The van der Waals surface area contributed by atoms with Gasteiger partial charge in [0, 0.05) is 19.0 Å². The maximum atomic E-state index is 11.8. The van der Waals surface area contributed by atoms with Gasteiger partial charge in [0.2, 0.25) is 5.91 Å². The summed E-state index contributed by atoms with van der Waals surface area (Å²) < 4.78 is 0. The van der Waals surface area contributed by atoms with Crippen molar-refractivity contribution in [3.8, 4) is 0 Å². The number of amides is 1. The first-order valence-corrected chi connectivity index (χ1v) is 8.84. The van der Waals surface area contributed by atoms with E-state index in [0.29, 0.717) is 31.5 Å². The fourth-order valence-corrected chi connectivity index (χ4v) is 2.37. The number of benzene rings is 1. The first-order valence-electron chi connectivity index (χ1n) is 8.84. The molecule has 0 saturated carbocycles. The van der Waals surface area contributed by atoms with Gasteiger partial charge in [0.25, 0.3) is 0 Å². The third-order valence-electron chi connectivity index (χ3n) is 3.77. The van der Waals surface area contributed by atoms with Crippen LogP contribution in [0.1, 0.15) is 52.0 Å². The Balaban J connectivity index is 0.00000576. The van der Waals surface area contributed by atoms with Crippen molar-refractivity contribution < 1.29 is 4.79 Å². The van der Waals surface area contributed by atoms with Crippen LogP contribution >= 0.6 is 24.0 Å². The summed E-state index contributed by atoms with van der Waals surface area (Å²) in [4.78, 5) is 16.0. The molecule has 1 aromatic carbocycles. The molecular weight excluding hydrogens is 427 g/mol. The summed E-state index contributed by atoms with van der Waals surface area (Å²) in [5.41, 5.74) is 6.95. The van der Waals surface area contributed by atoms with E-state index in [1.807, 2.05) is 30.3 Å². The third kappa shape index (κ3) is 12.7. The summed E-state index contributed by atoms with van der Waals surface area (Å²) in [6, 6.07) is 10.2. The zero-order valence-corrected chi connectivity index (χ0v) is 18.0. The molecule has 0 fully saturated rings. The van der Waals surface area contributed by atoms with E-state index in [-0.39, 0.29) is 29.9 Å². The molecule has 25 heavy (non-hydrogen) atoms. The van der Waals surface area contributed by atoms with E-state index >= 15 is 0 Å². The molecule has 1 aromatic rings. The van der Waals surface area contributed by atoms with Crippen molar-refractivity contribution in [3.63, 3.8) is 0 Å². The largest absolute Gasteiger partial charge is 0.370 e. The number of hydrogen-bond donors (Lipinski definition) is 3. The molecule has 142 valence electrons. The Morgan fingerprint density at radius 2 is 1.84 bits per heavy atom. The number of guanidine groups is 1. The lowest BCUT2D eigenvalue weighted by Gasteiger charge is -2.15. The van der Waals surface area contributed by atoms with Gasteiger partial charge in [0.15, 0.2) is 5.96 Å². The second-order valence-corrected chi connectivity index (χ2v) is 6.65. The predicted octanol–water partition coefficient (Wildman–Crippen LogP) is 3.43. The second kappa shape index (κ2) is 13.9. The molecule has 6 heteroatoms. The van der Waals surface area contributed by atoms with E-state index in [4.69, 9.17) is 5.73 Å². The smallest absolute Gasteiger partial charge is 0.222 e. The quantitative estimate of drug-likeness (QED) is 0.284.